The molecule has 21 heavy (non-hydrogen) atoms. The van der Waals surface area contributed by atoms with E-state index in [1.54, 1.807) is 17.1 Å². The first-order valence-corrected chi connectivity index (χ1v) is 7.12. The standard InChI is InChI=1S/C16H12ClN3O/c17-11-2-3-13-10(9-11)1-4-14-15(13)16(21)20(19-14)12-5-7-18-8-6-12/h2-3,5-9,21H,1,4H2. The molecule has 0 saturated carbocycles. The van der Waals surface area contributed by atoms with Crippen LogP contribution < -0.4 is 0 Å². The van der Waals surface area contributed by atoms with Crippen LogP contribution in [-0.4, -0.2) is 19.9 Å². The van der Waals surface area contributed by atoms with E-state index in [0.29, 0.717) is 0 Å². The fourth-order valence-electron chi connectivity index (χ4n) is 2.84. The number of aryl methyl sites for hydroxylation is 2. The molecule has 0 unspecified atom stereocenters. The Kier molecular flexibility index (Phi) is 2.72. The second-order valence-electron chi connectivity index (χ2n) is 5.06. The van der Waals surface area contributed by atoms with Crippen molar-refractivity contribution in [1.82, 2.24) is 14.8 Å². The highest BCUT2D eigenvalue weighted by molar-refractivity contribution is 6.30. The Morgan fingerprint density at radius 1 is 1.10 bits per heavy atom. The van der Waals surface area contributed by atoms with Crippen LogP contribution in [0.3, 0.4) is 0 Å². The molecule has 0 fully saturated rings. The van der Waals surface area contributed by atoms with Gasteiger partial charge in [-0.15, -0.1) is 0 Å². The predicted octanol–water partition coefficient (Wildman–Crippen LogP) is 3.39. The fourth-order valence-corrected chi connectivity index (χ4v) is 3.03. The van der Waals surface area contributed by atoms with Gasteiger partial charge in [0.15, 0.2) is 0 Å². The van der Waals surface area contributed by atoms with Crippen molar-refractivity contribution in [2.45, 2.75) is 12.8 Å². The fraction of sp³-hybridized carbons (Fsp3) is 0.125. The number of nitrogens with zero attached hydrogens (tertiary/aromatic N) is 3. The van der Waals surface area contributed by atoms with Crippen LogP contribution in [0.2, 0.25) is 5.02 Å². The minimum atomic E-state index is 0.166. The lowest BCUT2D eigenvalue weighted by atomic mass is 9.90. The lowest BCUT2D eigenvalue weighted by Gasteiger charge is -2.15. The number of fused-ring (bicyclic) bond motifs is 3. The van der Waals surface area contributed by atoms with E-state index in [1.165, 1.54) is 0 Å². The number of rotatable bonds is 1. The van der Waals surface area contributed by atoms with Crippen LogP contribution in [0.5, 0.6) is 5.88 Å². The molecule has 1 aliphatic rings. The summed E-state index contributed by atoms with van der Waals surface area (Å²) in [6.07, 6.45) is 5.05. The average molecular weight is 298 g/mol. The van der Waals surface area contributed by atoms with Crippen LogP contribution >= 0.6 is 11.6 Å². The van der Waals surface area contributed by atoms with Gasteiger partial charge in [-0.05, 0) is 48.2 Å². The van der Waals surface area contributed by atoms with E-state index in [2.05, 4.69) is 10.1 Å². The zero-order valence-electron chi connectivity index (χ0n) is 11.1. The molecule has 5 heteroatoms. The average Bonchev–Trinajstić information content (AvgIpc) is 2.85. The van der Waals surface area contributed by atoms with Gasteiger partial charge in [-0.3, -0.25) is 4.98 Å². The van der Waals surface area contributed by atoms with Gasteiger partial charge in [-0.1, -0.05) is 17.7 Å². The first-order chi connectivity index (χ1) is 10.2. The van der Waals surface area contributed by atoms with Gasteiger partial charge in [0, 0.05) is 17.4 Å². The number of aromatic hydroxyl groups is 1. The molecule has 4 rings (SSSR count). The topological polar surface area (TPSA) is 50.9 Å². The van der Waals surface area contributed by atoms with Crippen molar-refractivity contribution in [2.75, 3.05) is 0 Å². The van der Waals surface area contributed by atoms with Crippen LogP contribution in [0.15, 0.2) is 42.7 Å². The third kappa shape index (κ3) is 1.91. The van der Waals surface area contributed by atoms with E-state index >= 15 is 0 Å². The van der Waals surface area contributed by atoms with Gasteiger partial charge < -0.3 is 5.11 Å². The van der Waals surface area contributed by atoms with Gasteiger partial charge in [-0.25, -0.2) is 4.68 Å². The third-order valence-corrected chi connectivity index (χ3v) is 4.04. The molecule has 2 aromatic heterocycles. The van der Waals surface area contributed by atoms with Gasteiger partial charge in [0.2, 0.25) is 5.88 Å². The molecule has 0 spiro atoms. The second kappa shape index (κ2) is 4.60. The molecule has 3 aromatic rings. The molecule has 0 atom stereocenters. The van der Waals surface area contributed by atoms with Crippen molar-refractivity contribution in [3.05, 3.63) is 59.0 Å². The molecule has 4 nitrogen and oxygen atoms in total. The zero-order chi connectivity index (χ0) is 14.4. The van der Waals surface area contributed by atoms with E-state index in [1.807, 2.05) is 30.3 Å². The molecular weight excluding hydrogens is 286 g/mol. The number of halogens is 1. The highest BCUT2D eigenvalue weighted by Gasteiger charge is 2.25. The number of pyridine rings is 1. The van der Waals surface area contributed by atoms with Crippen LogP contribution in [0.1, 0.15) is 11.3 Å². The first kappa shape index (κ1) is 12.4. The van der Waals surface area contributed by atoms with E-state index in [9.17, 15) is 5.11 Å². The molecule has 104 valence electrons. The summed E-state index contributed by atoms with van der Waals surface area (Å²) in [5, 5.41) is 15.9. The quantitative estimate of drug-likeness (QED) is 0.749. The largest absolute Gasteiger partial charge is 0.493 e. The number of aromatic nitrogens is 3. The minimum absolute atomic E-state index is 0.166. The molecule has 0 amide bonds. The maximum Gasteiger partial charge on any atom is 0.222 e. The van der Waals surface area contributed by atoms with E-state index in [0.717, 1.165) is 45.9 Å². The van der Waals surface area contributed by atoms with E-state index < -0.39 is 0 Å². The summed E-state index contributed by atoms with van der Waals surface area (Å²) in [5.74, 6) is 0.166. The summed E-state index contributed by atoms with van der Waals surface area (Å²) in [6, 6.07) is 9.40. The van der Waals surface area contributed by atoms with Crippen molar-refractivity contribution < 1.29 is 5.11 Å². The Morgan fingerprint density at radius 2 is 1.90 bits per heavy atom. The number of benzene rings is 1. The van der Waals surface area contributed by atoms with Gasteiger partial charge >= 0.3 is 0 Å². The Bertz CT molecular complexity index is 827. The smallest absolute Gasteiger partial charge is 0.222 e. The Morgan fingerprint density at radius 3 is 2.71 bits per heavy atom. The van der Waals surface area contributed by atoms with Crippen molar-refractivity contribution in [3.63, 3.8) is 0 Å². The van der Waals surface area contributed by atoms with Gasteiger partial charge in [0.25, 0.3) is 0 Å². The molecular formula is C16H12ClN3O. The number of hydrogen-bond acceptors (Lipinski definition) is 3. The Labute approximate surface area is 126 Å². The molecule has 0 aliphatic heterocycles. The highest BCUT2D eigenvalue weighted by atomic mass is 35.5. The van der Waals surface area contributed by atoms with Crippen molar-refractivity contribution in [3.8, 4) is 22.7 Å². The summed E-state index contributed by atoms with van der Waals surface area (Å²) in [4.78, 5) is 3.99. The SMILES string of the molecule is Oc1c2c(nn1-c1ccncc1)CCc1cc(Cl)ccc1-2. The van der Waals surface area contributed by atoms with Gasteiger partial charge in [0.05, 0.1) is 16.9 Å². The molecule has 1 N–H and O–H groups in total. The molecule has 1 aromatic carbocycles. The summed E-state index contributed by atoms with van der Waals surface area (Å²) >= 11 is 6.05. The molecule has 0 radical (unpaired) electrons. The lowest BCUT2D eigenvalue weighted by molar-refractivity contribution is 0.435. The van der Waals surface area contributed by atoms with Crippen LogP contribution in [0, 0.1) is 0 Å². The molecule has 2 heterocycles. The Balaban J connectivity index is 1.93. The van der Waals surface area contributed by atoms with Crippen LogP contribution in [0.25, 0.3) is 16.8 Å². The first-order valence-electron chi connectivity index (χ1n) is 6.74. The molecule has 1 aliphatic carbocycles. The monoisotopic (exact) mass is 297 g/mol. The van der Waals surface area contributed by atoms with Crippen LogP contribution in [0.4, 0.5) is 0 Å². The van der Waals surface area contributed by atoms with Crippen molar-refractivity contribution in [1.29, 1.82) is 0 Å². The van der Waals surface area contributed by atoms with Gasteiger partial charge in [-0.2, -0.15) is 5.10 Å². The third-order valence-electron chi connectivity index (χ3n) is 3.81. The summed E-state index contributed by atoms with van der Waals surface area (Å²) < 4.78 is 1.57. The van der Waals surface area contributed by atoms with Crippen LogP contribution in [-0.2, 0) is 12.8 Å². The lowest BCUT2D eigenvalue weighted by Crippen LogP contribution is -2.03. The zero-order valence-corrected chi connectivity index (χ0v) is 11.9. The summed E-state index contributed by atoms with van der Waals surface area (Å²) in [6.45, 7) is 0. The molecule has 0 saturated heterocycles. The second-order valence-corrected chi connectivity index (χ2v) is 5.50. The van der Waals surface area contributed by atoms with E-state index in [4.69, 9.17) is 11.6 Å². The maximum absolute atomic E-state index is 10.6. The normalized spacial score (nSPS) is 12.8. The van der Waals surface area contributed by atoms with Gasteiger partial charge in [0.1, 0.15) is 0 Å². The Hall–Kier alpha value is -2.33. The van der Waals surface area contributed by atoms with E-state index in [-0.39, 0.29) is 5.88 Å². The predicted molar refractivity (Wildman–Crippen MR) is 80.9 cm³/mol. The number of hydrogen-bond donors (Lipinski definition) is 1. The summed E-state index contributed by atoms with van der Waals surface area (Å²) in [5.41, 5.74) is 4.69. The highest BCUT2D eigenvalue weighted by Crippen LogP contribution is 2.41. The maximum atomic E-state index is 10.6. The van der Waals surface area contributed by atoms with Crippen molar-refractivity contribution >= 4 is 11.6 Å². The molecule has 0 bridgehead atoms. The van der Waals surface area contributed by atoms with Crippen molar-refractivity contribution in [2.24, 2.45) is 0 Å². The minimum Gasteiger partial charge on any atom is -0.493 e. The summed E-state index contributed by atoms with van der Waals surface area (Å²) in [7, 11) is 0.